The standard InChI is InChI=1S/C10H18N2O2/c1-2-3-5-14-6-4-12-8-10(9-13)7-11-12/h7-8,13H,2-6,9H2,1H3. The van der Waals surface area contributed by atoms with Crippen LogP contribution in [0, 0.1) is 0 Å². The number of hydrogen-bond acceptors (Lipinski definition) is 3. The first-order valence-corrected chi connectivity index (χ1v) is 5.06. The lowest BCUT2D eigenvalue weighted by atomic mass is 10.4. The predicted molar refractivity (Wildman–Crippen MR) is 53.9 cm³/mol. The molecule has 0 aromatic carbocycles. The van der Waals surface area contributed by atoms with Crippen LogP contribution in [0.1, 0.15) is 25.3 Å². The second-order valence-corrected chi connectivity index (χ2v) is 3.24. The lowest BCUT2D eigenvalue weighted by Crippen LogP contribution is -2.06. The summed E-state index contributed by atoms with van der Waals surface area (Å²) in [6.45, 7) is 4.46. The van der Waals surface area contributed by atoms with Crippen LogP contribution in [-0.4, -0.2) is 28.1 Å². The van der Waals surface area contributed by atoms with Crippen LogP contribution in [0.4, 0.5) is 0 Å². The molecule has 0 saturated heterocycles. The molecule has 0 radical (unpaired) electrons. The zero-order valence-corrected chi connectivity index (χ0v) is 8.65. The Balaban J connectivity index is 2.12. The summed E-state index contributed by atoms with van der Waals surface area (Å²) in [5.74, 6) is 0. The molecule has 0 aliphatic heterocycles. The average Bonchev–Trinajstić information content (AvgIpc) is 2.65. The monoisotopic (exact) mass is 198 g/mol. The molecule has 0 bridgehead atoms. The predicted octanol–water partition coefficient (Wildman–Crippen LogP) is 1.19. The lowest BCUT2D eigenvalue weighted by Gasteiger charge is -2.02. The number of unbranched alkanes of at least 4 members (excludes halogenated alkanes) is 1. The summed E-state index contributed by atoms with van der Waals surface area (Å²) in [5.41, 5.74) is 0.846. The average molecular weight is 198 g/mol. The molecule has 0 unspecified atom stereocenters. The summed E-state index contributed by atoms with van der Waals surface area (Å²) in [6, 6.07) is 0. The molecule has 0 aliphatic rings. The fourth-order valence-corrected chi connectivity index (χ4v) is 1.12. The van der Waals surface area contributed by atoms with Gasteiger partial charge in [0, 0.05) is 18.4 Å². The molecule has 4 nitrogen and oxygen atoms in total. The van der Waals surface area contributed by atoms with Crippen LogP contribution in [0.15, 0.2) is 12.4 Å². The number of aliphatic hydroxyl groups is 1. The van der Waals surface area contributed by atoms with Crippen LogP contribution in [-0.2, 0) is 17.9 Å². The van der Waals surface area contributed by atoms with E-state index in [2.05, 4.69) is 12.0 Å². The van der Waals surface area contributed by atoms with Crippen molar-refractivity contribution in [2.45, 2.75) is 32.9 Å². The van der Waals surface area contributed by atoms with Crippen molar-refractivity contribution in [2.24, 2.45) is 0 Å². The number of nitrogens with zero attached hydrogens (tertiary/aromatic N) is 2. The highest BCUT2D eigenvalue weighted by Crippen LogP contribution is 1.97. The van der Waals surface area contributed by atoms with Gasteiger partial charge in [-0.25, -0.2) is 0 Å². The van der Waals surface area contributed by atoms with Gasteiger partial charge >= 0.3 is 0 Å². The summed E-state index contributed by atoms with van der Waals surface area (Å²) >= 11 is 0. The summed E-state index contributed by atoms with van der Waals surface area (Å²) in [4.78, 5) is 0. The Morgan fingerprint density at radius 3 is 3.00 bits per heavy atom. The van der Waals surface area contributed by atoms with Crippen molar-refractivity contribution in [1.29, 1.82) is 0 Å². The fourth-order valence-electron chi connectivity index (χ4n) is 1.12. The SMILES string of the molecule is CCCCOCCn1cc(CO)cn1. The quantitative estimate of drug-likeness (QED) is 0.669. The topological polar surface area (TPSA) is 47.3 Å². The molecule has 1 N–H and O–H groups in total. The number of aliphatic hydroxyl groups excluding tert-OH is 1. The molecule has 1 heterocycles. The van der Waals surface area contributed by atoms with Gasteiger partial charge in [-0.05, 0) is 6.42 Å². The first-order chi connectivity index (χ1) is 6.86. The van der Waals surface area contributed by atoms with Gasteiger partial charge in [-0.15, -0.1) is 0 Å². The molecule has 4 heteroatoms. The zero-order chi connectivity index (χ0) is 10.2. The second-order valence-electron chi connectivity index (χ2n) is 3.24. The summed E-state index contributed by atoms with van der Waals surface area (Å²) in [6.07, 6.45) is 5.78. The van der Waals surface area contributed by atoms with E-state index in [-0.39, 0.29) is 6.61 Å². The second kappa shape index (κ2) is 6.56. The van der Waals surface area contributed by atoms with Crippen LogP contribution >= 0.6 is 0 Å². The van der Waals surface area contributed by atoms with Crippen molar-refractivity contribution < 1.29 is 9.84 Å². The summed E-state index contributed by atoms with van der Waals surface area (Å²) < 4.78 is 7.19. The van der Waals surface area contributed by atoms with Gasteiger partial charge in [0.1, 0.15) is 0 Å². The Bertz CT molecular complexity index is 248. The number of ether oxygens (including phenoxy) is 1. The van der Waals surface area contributed by atoms with E-state index in [0.29, 0.717) is 6.61 Å². The molecule has 1 aromatic rings. The highest BCUT2D eigenvalue weighted by Gasteiger charge is 1.96. The minimum absolute atomic E-state index is 0.0523. The summed E-state index contributed by atoms with van der Waals surface area (Å²) in [5, 5.41) is 12.9. The summed E-state index contributed by atoms with van der Waals surface area (Å²) in [7, 11) is 0. The molecule has 0 aliphatic carbocycles. The van der Waals surface area contributed by atoms with Gasteiger partial charge in [-0.2, -0.15) is 5.10 Å². The fraction of sp³-hybridized carbons (Fsp3) is 0.700. The van der Waals surface area contributed by atoms with E-state index in [1.165, 1.54) is 0 Å². The molecule has 14 heavy (non-hydrogen) atoms. The highest BCUT2D eigenvalue weighted by atomic mass is 16.5. The van der Waals surface area contributed by atoms with Gasteiger partial charge in [0.25, 0.3) is 0 Å². The Morgan fingerprint density at radius 2 is 2.36 bits per heavy atom. The normalized spacial score (nSPS) is 10.7. The molecule has 80 valence electrons. The van der Waals surface area contributed by atoms with Crippen LogP contribution < -0.4 is 0 Å². The van der Waals surface area contributed by atoms with Gasteiger partial charge in [0.2, 0.25) is 0 Å². The van der Waals surface area contributed by atoms with Crippen LogP contribution in [0.2, 0.25) is 0 Å². The van der Waals surface area contributed by atoms with Gasteiger partial charge in [0.15, 0.2) is 0 Å². The van der Waals surface area contributed by atoms with Crippen LogP contribution in [0.3, 0.4) is 0 Å². The van der Waals surface area contributed by atoms with E-state index >= 15 is 0 Å². The smallest absolute Gasteiger partial charge is 0.0712 e. The van der Waals surface area contributed by atoms with Crippen molar-refractivity contribution in [3.8, 4) is 0 Å². The van der Waals surface area contributed by atoms with Gasteiger partial charge in [-0.1, -0.05) is 13.3 Å². The third-order valence-corrected chi connectivity index (χ3v) is 1.98. The maximum absolute atomic E-state index is 8.81. The molecule has 0 atom stereocenters. The van der Waals surface area contributed by atoms with E-state index in [0.717, 1.165) is 31.6 Å². The number of rotatable bonds is 7. The molecular weight excluding hydrogens is 180 g/mol. The molecule has 0 saturated carbocycles. The van der Waals surface area contributed by atoms with Gasteiger partial charge in [0.05, 0.1) is 26.0 Å². The molecule has 0 fully saturated rings. The van der Waals surface area contributed by atoms with E-state index < -0.39 is 0 Å². The molecular formula is C10H18N2O2. The molecule has 1 aromatic heterocycles. The van der Waals surface area contributed by atoms with Gasteiger partial charge < -0.3 is 9.84 Å². The largest absolute Gasteiger partial charge is 0.392 e. The van der Waals surface area contributed by atoms with E-state index in [1.54, 1.807) is 10.9 Å². The maximum Gasteiger partial charge on any atom is 0.0712 e. The highest BCUT2D eigenvalue weighted by molar-refractivity contribution is 5.01. The molecule has 0 amide bonds. The number of aromatic nitrogens is 2. The Morgan fingerprint density at radius 1 is 1.50 bits per heavy atom. The Labute approximate surface area is 84.5 Å². The lowest BCUT2D eigenvalue weighted by molar-refractivity contribution is 0.121. The number of hydrogen-bond donors (Lipinski definition) is 1. The zero-order valence-electron chi connectivity index (χ0n) is 8.65. The first kappa shape index (κ1) is 11.2. The van der Waals surface area contributed by atoms with Crippen LogP contribution in [0.5, 0.6) is 0 Å². The third kappa shape index (κ3) is 3.89. The minimum Gasteiger partial charge on any atom is -0.392 e. The first-order valence-electron chi connectivity index (χ1n) is 5.06. The van der Waals surface area contributed by atoms with Gasteiger partial charge in [-0.3, -0.25) is 4.68 Å². The molecule has 0 spiro atoms. The van der Waals surface area contributed by atoms with E-state index in [4.69, 9.17) is 9.84 Å². The van der Waals surface area contributed by atoms with Crippen molar-refractivity contribution in [2.75, 3.05) is 13.2 Å². The van der Waals surface area contributed by atoms with Crippen molar-refractivity contribution in [3.63, 3.8) is 0 Å². The third-order valence-electron chi connectivity index (χ3n) is 1.98. The Kier molecular flexibility index (Phi) is 5.25. The van der Waals surface area contributed by atoms with E-state index in [9.17, 15) is 0 Å². The maximum atomic E-state index is 8.81. The van der Waals surface area contributed by atoms with Crippen LogP contribution in [0.25, 0.3) is 0 Å². The minimum atomic E-state index is 0.0523. The van der Waals surface area contributed by atoms with Crippen molar-refractivity contribution in [1.82, 2.24) is 9.78 Å². The van der Waals surface area contributed by atoms with Crippen molar-refractivity contribution >= 4 is 0 Å². The molecule has 1 rings (SSSR count). The van der Waals surface area contributed by atoms with Crippen molar-refractivity contribution in [3.05, 3.63) is 18.0 Å². The van der Waals surface area contributed by atoms with E-state index in [1.807, 2.05) is 6.20 Å². The Hall–Kier alpha value is -0.870.